The van der Waals surface area contributed by atoms with E-state index in [4.69, 9.17) is 4.74 Å². The van der Waals surface area contributed by atoms with Crippen molar-refractivity contribution in [1.82, 2.24) is 4.90 Å². The van der Waals surface area contributed by atoms with E-state index in [1.807, 2.05) is 4.90 Å². The number of thiophene rings is 1. The minimum Gasteiger partial charge on any atom is -0.396 e. The molecule has 0 radical (unpaired) electrons. The number of aliphatic hydroxyl groups excluding tert-OH is 1. The largest absolute Gasteiger partial charge is 0.396 e. The van der Waals surface area contributed by atoms with Gasteiger partial charge in [0.25, 0.3) is 0 Å². The van der Waals surface area contributed by atoms with Gasteiger partial charge in [-0.15, -0.1) is 11.3 Å². The van der Waals surface area contributed by atoms with Crippen LogP contribution in [0.3, 0.4) is 0 Å². The molecule has 0 bridgehead atoms. The zero-order valence-electron chi connectivity index (χ0n) is 12.3. The standard InChI is InChI=1S/C16H23NO3S/c18-11-16-10-17(9-13(16)6-7-20-12-16)15(19)5-1-3-14-4-2-8-21-14/h2,4,8,13,18H,1,3,5-7,9-12H2/t13-,16+/m0/s1. The van der Waals surface area contributed by atoms with Crippen LogP contribution in [0, 0.1) is 11.3 Å². The van der Waals surface area contributed by atoms with E-state index in [2.05, 4.69) is 17.5 Å². The topological polar surface area (TPSA) is 49.8 Å². The second-order valence-electron chi connectivity index (χ2n) is 6.27. The van der Waals surface area contributed by atoms with Crippen LogP contribution in [0.4, 0.5) is 0 Å². The first-order valence-electron chi connectivity index (χ1n) is 7.72. The molecule has 3 rings (SSSR count). The number of ether oxygens (including phenoxy) is 1. The van der Waals surface area contributed by atoms with E-state index in [0.29, 0.717) is 25.5 Å². The van der Waals surface area contributed by atoms with Crippen LogP contribution in [0.15, 0.2) is 17.5 Å². The average molecular weight is 309 g/mol. The van der Waals surface area contributed by atoms with Gasteiger partial charge in [0.15, 0.2) is 0 Å². The van der Waals surface area contributed by atoms with Crippen molar-refractivity contribution >= 4 is 17.2 Å². The molecule has 2 aliphatic rings. The Hall–Kier alpha value is -0.910. The molecule has 1 aromatic rings. The van der Waals surface area contributed by atoms with Crippen LogP contribution >= 0.6 is 11.3 Å². The number of aryl methyl sites for hydroxylation is 1. The van der Waals surface area contributed by atoms with Gasteiger partial charge >= 0.3 is 0 Å². The van der Waals surface area contributed by atoms with Crippen LogP contribution in [0.25, 0.3) is 0 Å². The molecule has 2 atom stereocenters. The Kier molecular flexibility index (Phi) is 4.62. The van der Waals surface area contributed by atoms with E-state index in [1.165, 1.54) is 4.88 Å². The monoisotopic (exact) mass is 309 g/mol. The molecule has 5 heteroatoms. The summed E-state index contributed by atoms with van der Waals surface area (Å²) in [5, 5.41) is 11.8. The summed E-state index contributed by atoms with van der Waals surface area (Å²) >= 11 is 1.75. The van der Waals surface area contributed by atoms with Crippen molar-refractivity contribution in [2.24, 2.45) is 11.3 Å². The lowest BCUT2D eigenvalue weighted by atomic mass is 9.76. The first kappa shape index (κ1) is 15.0. The lowest BCUT2D eigenvalue weighted by Crippen LogP contribution is -2.43. The van der Waals surface area contributed by atoms with E-state index in [9.17, 15) is 9.90 Å². The summed E-state index contributed by atoms with van der Waals surface area (Å²) in [5.74, 6) is 0.631. The highest BCUT2D eigenvalue weighted by Crippen LogP contribution is 2.41. The van der Waals surface area contributed by atoms with Crippen molar-refractivity contribution in [1.29, 1.82) is 0 Å². The molecule has 21 heavy (non-hydrogen) atoms. The number of hydrogen-bond donors (Lipinski definition) is 1. The van der Waals surface area contributed by atoms with Gasteiger partial charge in [0.1, 0.15) is 0 Å². The molecule has 0 saturated carbocycles. The highest BCUT2D eigenvalue weighted by molar-refractivity contribution is 7.09. The maximum absolute atomic E-state index is 12.4. The molecule has 1 N–H and O–H groups in total. The minimum absolute atomic E-state index is 0.122. The zero-order valence-corrected chi connectivity index (χ0v) is 13.1. The molecule has 116 valence electrons. The first-order valence-corrected chi connectivity index (χ1v) is 8.60. The number of hydrogen-bond acceptors (Lipinski definition) is 4. The molecule has 3 heterocycles. The number of likely N-dealkylation sites (tertiary alicyclic amines) is 1. The molecule has 0 aliphatic carbocycles. The number of rotatable bonds is 5. The minimum atomic E-state index is -0.207. The Morgan fingerprint density at radius 2 is 2.48 bits per heavy atom. The quantitative estimate of drug-likeness (QED) is 0.904. The molecular formula is C16H23NO3S. The predicted molar refractivity (Wildman–Crippen MR) is 82.3 cm³/mol. The second kappa shape index (κ2) is 6.46. The Balaban J connectivity index is 1.51. The highest BCUT2D eigenvalue weighted by Gasteiger charge is 2.49. The number of carbonyl (C=O) groups is 1. The third kappa shape index (κ3) is 3.15. The summed E-state index contributed by atoms with van der Waals surface area (Å²) in [7, 11) is 0. The van der Waals surface area contributed by atoms with Gasteiger partial charge in [0.2, 0.25) is 5.91 Å². The van der Waals surface area contributed by atoms with Gasteiger partial charge in [-0.2, -0.15) is 0 Å². The van der Waals surface area contributed by atoms with Crippen molar-refractivity contribution in [3.8, 4) is 0 Å². The fraction of sp³-hybridized carbons (Fsp3) is 0.688. The highest BCUT2D eigenvalue weighted by atomic mass is 32.1. The number of amides is 1. The van der Waals surface area contributed by atoms with Crippen LogP contribution in [-0.2, 0) is 16.0 Å². The van der Waals surface area contributed by atoms with E-state index < -0.39 is 0 Å². The fourth-order valence-corrected chi connectivity index (χ4v) is 4.29. The van der Waals surface area contributed by atoms with Crippen molar-refractivity contribution in [3.63, 3.8) is 0 Å². The maximum atomic E-state index is 12.4. The van der Waals surface area contributed by atoms with Gasteiger partial charge in [0.05, 0.1) is 13.2 Å². The molecular weight excluding hydrogens is 286 g/mol. The summed E-state index contributed by atoms with van der Waals surface area (Å²) in [6, 6.07) is 4.18. The zero-order chi connectivity index (χ0) is 14.7. The second-order valence-corrected chi connectivity index (χ2v) is 7.30. The lowest BCUT2D eigenvalue weighted by molar-refractivity contribution is -0.131. The Morgan fingerprint density at radius 3 is 3.19 bits per heavy atom. The summed E-state index contributed by atoms with van der Waals surface area (Å²) < 4.78 is 5.54. The van der Waals surface area contributed by atoms with Crippen molar-refractivity contribution < 1.29 is 14.6 Å². The molecule has 2 aliphatic heterocycles. The molecule has 1 amide bonds. The first-order chi connectivity index (χ1) is 10.2. The van der Waals surface area contributed by atoms with Crippen LogP contribution in [0.5, 0.6) is 0 Å². The molecule has 1 aromatic heterocycles. The Labute approximate surface area is 129 Å². The van der Waals surface area contributed by atoms with E-state index in [1.54, 1.807) is 11.3 Å². The van der Waals surface area contributed by atoms with Gasteiger partial charge in [0, 0.05) is 36.4 Å². The van der Waals surface area contributed by atoms with Crippen LogP contribution < -0.4 is 0 Å². The smallest absolute Gasteiger partial charge is 0.222 e. The summed E-state index contributed by atoms with van der Waals surface area (Å²) in [5.41, 5.74) is -0.207. The van der Waals surface area contributed by atoms with E-state index >= 15 is 0 Å². The van der Waals surface area contributed by atoms with E-state index in [-0.39, 0.29) is 17.9 Å². The third-order valence-corrected chi connectivity index (χ3v) is 5.81. The van der Waals surface area contributed by atoms with Crippen molar-refractivity contribution in [2.75, 3.05) is 32.9 Å². The lowest BCUT2D eigenvalue weighted by Gasteiger charge is -2.36. The molecule has 2 saturated heterocycles. The maximum Gasteiger partial charge on any atom is 0.222 e. The average Bonchev–Trinajstić information content (AvgIpc) is 3.14. The number of aliphatic hydroxyl groups is 1. The van der Waals surface area contributed by atoms with E-state index in [0.717, 1.165) is 32.4 Å². The molecule has 0 aromatic carbocycles. The molecule has 0 unspecified atom stereocenters. The van der Waals surface area contributed by atoms with Gasteiger partial charge in [-0.05, 0) is 36.6 Å². The fourth-order valence-electron chi connectivity index (χ4n) is 3.54. The SMILES string of the molecule is O=C(CCCc1cccs1)N1C[C@@H]2CCOC[C@]2(CO)C1. The Morgan fingerprint density at radius 1 is 1.57 bits per heavy atom. The predicted octanol–water partition coefficient (Wildman–Crippen LogP) is 1.93. The number of nitrogens with zero attached hydrogens (tertiary/aromatic N) is 1. The van der Waals surface area contributed by atoms with Crippen LogP contribution in [0.1, 0.15) is 24.1 Å². The van der Waals surface area contributed by atoms with Crippen LogP contribution in [0.2, 0.25) is 0 Å². The Bertz CT molecular complexity index is 476. The summed E-state index contributed by atoms with van der Waals surface area (Å²) in [4.78, 5) is 15.7. The number of carbonyl (C=O) groups excluding carboxylic acids is 1. The normalized spacial score (nSPS) is 28.6. The van der Waals surface area contributed by atoms with Crippen molar-refractivity contribution in [2.45, 2.75) is 25.7 Å². The third-order valence-electron chi connectivity index (χ3n) is 4.87. The summed E-state index contributed by atoms with van der Waals surface area (Å²) in [6.07, 6.45) is 3.45. The van der Waals surface area contributed by atoms with Gasteiger partial charge in [-0.1, -0.05) is 6.07 Å². The number of fused-ring (bicyclic) bond motifs is 1. The van der Waals surface area contributed by atoms with Crippen molar-refractivity contribution in [3.05, 3.63) is 22.4 Å². The van der Waals surface area contributed by atoms with Crippen LogP contribution in [-0.4, -0.2) is 48.8 Å². The molecule has 0 spiro atoms. The summed E-state index contributed by atoms with van der Waals surface area (Å²) in [6.45, 7) is 2.92. The van der Waals surface area contributed by atoms with Gasteiger partial charge < -0.3 is 14.7 Å². The molecule has 4 nitrogen and oxygen atoms in total. The van der Waals surface area contributed by atoms with Gasteiger partial charge in [-0.3, -0.25) is 4.79 Å². The van der Waals surface area contributed by atoms with Gasteiger partial charge in [-0.25, -0.2) is 0 Å². The molecule has 2 fully saturated rings.